The van der Waals surface area contributed by atoms with E-state index in [4.69, 9.17) is 0 Å². The van der Waals surface area contributed by atoms with Gasteiger partial charge in [-0.15, -0.1) is 0 Å². The van der Waals surface area contributed by atoms with Crippen molar-refractivity contribution in [3.8, 4) is 0 Å². The largest absolute Gasteiger partial charge is 0.356 e. The molecule has 0 aromatic rings. The van der Waals surface area contributed by atoms with E-state index in [0.717, 1.165) is 51.0 Å². The summed E-state index contributed by atoms with van der Waals surface area (Å²) < 4.78 is 0. The Hall–Kier alpha value is -0.860. The summed E-state index contributed by atoms with van der Waals surface area (Å²) in [6.45, 7) is 7.36. The molecule has 0 spiro atoms. The standard InChI is InChI=1S/C23H45NO2.H2/c1-4-22(25)18-14-10-5-6-11-15-19-23(26)24-20-16-12-8-7-9-13-17-21(2)3;/h21H,4-20H2,1-3H3,(H,24,26);1H. The number of ketones is 1. The van der Waals surface area contributed by atoms with Crippen LogP contribution in [0.1, 0.15) is 125 Å². The average Bonchev–Trinajstić information content (AvgIpc) is 2.61. The van der Waals surface area contributed by atoms with Crippen molar-refractivity contribution in [3.05, 3.63) is 0 Å². The van der Waals surface area contributed by atoms with Crippen LogP contribution < -0.4 is 5.32 Å². The molecule has 0 saturated carbocycles. The molecule has 0 bridgehead atoms. The van der Waals surface area contributed by atoms with Crippen LogP contribution in [0.4, 0.5) is 0 Å². The molecule has 26 heavy (non-hydrogen) atoms. The number of nitrogens with one attached hydrogen (secondary N) is 1. The summed E-state index contributed by atoms with van der Waals surface area (Å²) in [5.41, 5.74) is 0. The van der Waals surface area contributed by atoms with Crippen LogP contribution in [0.25, 0.3) is 0 Å². The molecule has 0 atom stereocenters. The zero-order valence-corrected chi connectivity index (χ0v) is 17.9. The first-order chi connectivity index (χ1) is 12.6. The van der Waals surface area contributed by atoms with Gasteiger partial charge in [0.05, 0.1) is 0 Å². The smallest absolute Gasteiger partial charge is 0.219 e. The SMILES string of the molecule is CCC(=O)CCCCCCCCC(=O)NCCCCCCCCC(C)C.[HH]. The van der Waals surface area contributed by atoms with Gasteiger partial charge in [-0.2, -0.15) is 0 Å². The van der Waals surface area contributed by atoms with Crippen LogP contribution in [0.15, 0.2) is 0 Å². The highest BCUT2D eigenvalue weighted by Crippen LogP contribution is 2.11. The minimum atomic E-state index is 0. The average molecular weight is 370 g/mol. The van der Waals surface area contributed by atoms with Crippen LogP contribution >= 0.6 is 0 Å². The number of rotatable bonds is 19. The van der Waals surface area contributed by atoms with E-state index in [0.29, 0.717) is 18.6 Å². The second kappa shape index (κ2) is 18.9. The molecule has 156 valence electrons. The summed E-state index contributed by atoms with van der Waals surface area (Å²) in [6, 6.07) is 0. The Morgan fingerprint density at radius 3 is 1.81 bits per heavy atom. The predicted molar refractivity (Wildman–Crippen MR) is 115 cm³/mol. The molecule has 0 aliphatic heterocycles. The normalized spacial score (nSPS) is 11.1. The molecule has 0 aliphatic rings. The third-order valence-electron chi connectivity index (χ3n) is 5.03. The number of hydrogen-bond donors (Lipinski definition) is 1. The molecule has 0 aromatic carbocycles. The lowest BCUT2D eigenvalue weighted by atomic mass is 10.0. The van der Waals surface area contributed by atoms with Gasteiger partial charge < -0.3 is 5.32 Å². The van der Waals surface area contributed by atoms with Crippen LogP contribution in [0.2, 0.25) is 0 Å². The molecular weight excluding hydrogens is 322 g/mol. The van der Waals surface area contributed by atoms with Gasteiger partial charge in [-0.25, -0.2) is 0 Å². The summed E-state index contributed by atoms with van der Waals surface area (Å²) in [4.78, 5) is 23.0. The number of Topliss-reactive ketones (excluding diaryl/α,β-unsaturated/α-hetero) is 1. The quantitative estimate of drug-likeness (QED) is 0.253. The molecule has 0 saturated heterocycles. The van der Waals surface area contributed by atoms with E-state index in [2.05, 4.69) is 19.2 Å². The predicted octanol–water partition coefficient (Wildman–Crippen LogP) is 6.84. The molecule has 1 N–H and O–H groups in total. The van der Waals surface area contributed by atoms with Gasteiger partial charge in [-0.3, -0.25) is 9.59 Å². The van der Waals surface area contributed by atoms with Gasteiger partial charge in [0.2, 0.25) is 5.91 Å². The fourth-order valence-electron chi connectivity index (χ4n) is 3.19. The van der Waals surface area contributed by atoms with Gasteiger partial charge in [0, 0.05) is 27.2 Å². The van der Waals surface area contributed by atoms with Crippen LogP contribution in [0, 0.1) is 5.92 Å². The molecule has 0 unspecified atom stereocenters. The Morgan fingerprint density at radius 2 is 1.23 bits per heavy atom. The van der Waals surface area contributed by atoms with Gasteiger partial charge in [0.15, 0.2) is 0 Å². The van der Waals surface area contributed by atoms with E-state index in [1.807, 2.05) is 6.92 Å². The minimum absolute atomic E-state index is 0. The Morgan fingerprint density at radius 1 is 0.731 bits per heavy atom. The van der Waals surface area contributed by atoms with Gasteiger partial charge >= 0.3 is 0 Å². The van der Waals surface area contributed by atoms with Crippen molar-refractivity contribution in [2.75, 3.05) is 6.54 Å². The zero-order chi connectivity index (χ0) is 19.5. The summed E-state index contributed by atoms with van der Waals surface area (Å²) in [6.07, 6.45) is 17.9. The molecule has 3 heteroatoms. The van der Waals surface area contributed by atoms with Gasteiger partial charge in [0.25, 0.3) is 0 Å². The molecule has 0 radical (unpaired) electrons. The fourth-order valence-corrected chi connectivity index (χ4v) is 3.19. The highest BCUT2D eigenvalue weighted by Gasteiger charge is 2.01. The number of unbranched alkanes of at least 4 members (excludes halogenated alkanes) is 10. The Balaban J connectivity index is 0. The van der Waals surface area contributed by atoms with Crippen LogP contribution in [-0.2, 0) is 9.59 Å². The van der Waals surface area contributed by atoms with Crippen molar-refractivity contribution in [1.82, 2.24) is 5.32 Å². The number of carbonyl (C=O) groups is 2. The molecule has 0 heterocycles. The highest BCUT2D eigenvalue weighted by molar-refractivity contribution is 5.77. The Labute approximate surface area is 164 Å². The van der Waals surface area contributed by atoms with Crippen molar-refractivity contribution in [1.29, 1.82) is 0 Å². The van der Waals surface area contributed by atoms with E-state index in [1.165, 1.54) is 51.4 Å². The molecule has 0 aromatic heterocycles. The summed E-state index contributed by atoms with van der Waals surface area (Å²) in [5.74, 6) is 1.44. The topological polar surface area (TPSA) is 46.2 Å². The lowest BCUT2D eigenvalue weighted by Gasteiger charge is -2.06. The monoisotopic (exact) mass is 369 g/mol. The second-order valence-corrected chi connectivity index (χ2v) is 8.17. The first-order valence-electron chi connectivity index (χ1n) is 11.3. The number of amides is 1. The molecule has 1 amide bonds. The Kier molecular flexibility index (Phi) is 18.3. The Bertz CT molecular complexity index is 345. The highest BCUT2D eigenvalue weighted by atomic mass is 16.1. The summed E-state index contributed by atoms with van der Waals surface area (Å²) in [5, 5.41) is 3.05. The molecule has 0 aliphatic carbocycles. The van der Waals surface area contributed by atoms with Crippen molar-refractivity contribution in [2.45, 2.75) is 124 Å². The van der Waals surface area contributed by atoms with Crippen molar-refractivity contribution in [3.63, 3.8) is 0 Å². The maximum absolute atomic E-state index is 11.8. The maximum Gasteiger partial charge on any atom is 0.219 e. The molecule has 0 fully saturated rings. The minimum Gasteiger partial charge on any atom is -0.356 e. The van der Waals surface area contributed by atoms with Crippen LogP contribution in [0.5, 0.6) is 0 Å². The van der Waals surface area contributed by atoms with E-state index in [-0.39, 0.29) is 7.33 Å². The first kappa shape index (κ1) is 25.1. The van der Waals surface area contributed by atoms with Gasteiger partial charge in [0.1, 0.15) is 5.78 Å². The zero-order valence-electron chi connectivity index (χ0n) is 17.9. The molecular formula is C23H47NO2. The van der Waals surface area contributed by atoms with E-state index >= 15 is 0 Å². The van der Waals surface area contributed by atoms with E-state index in [9.17, 15) is 9.59 Å². The third-order valence-corrected chi connectivity index (χ3v) is 5.03. The second-order valence-electron chi connectivity index (χ2n) is 8.17. The summed E-state index contributed by atoms with van der Waals surface area (Å²) in [7, 11) is 0. The first-order valence-corrected chi connectivity index (χ1v) is 11.3. The van der Waals surface area contributed by atoms with Crippen molar-refractivity contribution in [2.24, 2.45) is 5.92 Å². The van der Waals surface area contributed by atoms with E-state index < -0.39 is 0 Å². The van der Waals surface area contributed by atoms with Gasteiger partial charge in [-0.05, 0) is 25.2 Å². The van der Waals surface area contributed by atoms with Crippen molar-refractivity contribution < 1.29 is 11.0 Å². The third kappa shape index (κ3) is 19.5. The van der Waals surface area contributed by atoms with Crippen LogP contribution in [-0.4, -0.2) is 18.2 Å². The van der Waals surface area contributed by atoms with Crippen LogP contribution in [0.3, 0.4) is 0 Å². The van der Waals surface area contributed by atoms with Gasteiger partial charge in [-0.1, -0.05) is 85.0 Å². The number of hydrogen-bond acceptors (Lipinski definition) is 2. The van der Waals surface area contributed by atoms with Crippen molar-refractivity contribution >= 4 is 11.7 Å². The van der Waals surface area contributed by atoms with E-state index in [1.54, 1.807) is 0 Å². The molecule has 3 nitrogen and oxygen atoms in total. The maximum atomic E-state index is 11.8. The lowest BCUT2D eigenvalue weighted by Crippen LogP contribution is -2.23. The number of carbonyl (C=O) groups excluding carboxylic acids is 2. The molecule has 0 rings (SSSR count). The fraction of sp³-hybridized carbons (Fsp3) is 0.913. The lowest BCUT2D eigenvalue weighted by molar-refractivity contribution is -0.121. The summed E-state index contributed by atoms with van der Waals surface area (Å²) >= 11 is 0.